The quantitative estimate of drug-likeness (QED) is 0.828. The zero-order valence-electron chi connectivity index (χ0n) is 12.4. The summed E-state index contributed by atoms with van der Waals surface area (Å²) >= 11 is 0. The average Bonchev–Trinajstić information content (AvgIpc) is 2.66. The second-order valence-corrected chi connectivity index (χ2v) is 7.31. The van der Waals surface area contributed by atoms with Crippen LogP contribution in [0.25, 0.3) is 0 Å². The van der Waals surface area contributed by atoms with Gasteiger partial charge in [0.05, 0.1) is 0 Å². The van der Waals surface area contributed by atoms with Gasteiger partial charge in [0.1, 0.15) is 0 Å². The smallest absolute Gasteiger partial charge is 0.0328 e. The number of rotatable bonds is 3. The minimum atomic E-state index is 0.220. The van der Waals surface area contributed by atoms with Crippen LogP contribution in [0.1, 0.15) is 75.5 Å². The largest absolute Gasteiger partial charge is 0.324 e. The molecule has 1 nitrogen and oxygen atoms in total. The minimum Gasteiger partial charge on any atom is -0.324 e. The monoisotopic (exact) mass is 257 g/mol. The summed E-state index contributed by atoms with van der Waals surface area (Å²) in [4.78, 5) is 0. The molecule has 0 aliphatic heterocycles. The van der Waals surface area contributed by atoms with Gasteiger partial charge in [-0.15, -0.1) is 0 Å². The van der Waals surface area contributed by atoms with E-state index in [-0.39, 0.29) is 6.04 Å². The summed E-state index contributed by atoms with van der Waals surface area (Å²) in [5.74, 6) is 1.45. The van der Waals surface area contributed by atoms with E-state index in [9.17, 15) is 0 Å². The molecule has 2 aliphatic rings. The Morgan fingerprint density at radius 3 is 2.53 bits per heavy atom. The molecule has 2 N–H and O–H groups in total. The van der Waals surface area contributed by atoms with Gasteiger partial charge in [-0.05, 0) is 54.1 Å². The van der Waals surface area contributed by atoms with Gasteiger partial charge in [-0.2, -0.15) is 0 Å². The summed E-state index contributed by atoms with van der Waals surface area (Å²) < 4.78 is 0. The van der Waals surface area contributed by atoms with E-state index in [0.29, 0.717) is 11.3 Å². The van der Waals surface area contributed by atoms with Crippen LogP contribution in [0.5, 0.6) is 0 Å². The molecule has 104 valence electrons. The molecule has 1 aromatic carbocycles. The van der Waals surface area contributed by atoms with Crippen LogP contribution >= 0.6 is 0 Å². The molecule has 0 spiro atoms. The van der Waals surface area contributed by atoms with Gasteiger partial charge in [0.15, 0.2) is 0 Å². The maximum Gasteiger partial charge on any atom is 0.0328 e. The molecular formula is C18H27N. The summed E-state index contributed by atoms with van der Waals surface area (Å²) in [6, 6.07) is 9.35. The molecular weight excluding hydrogens is 230 g/mol. The summed E-state index contributed by atoms with van der Waals surface area (Å²) in [6.07, 6.45) is 8.10. The Kier molecular flexibility index (Phi) is 3.42. The molecule has 2 atom stereocenters. The van der Waals surface area contributed by atoms with Crippen LogP contribution in [0.3, 0.4) is 0 Å². The lowest BCUT2D eigenvalue weighted by Gasteiger charge is -2.33. The van der Waals surface area contributed by atoms with Gasteiger partial charge in [0.25, 0.3) is 0 Å². The summed E-state index contributed by atoms with van der Waals surface area (Å²) in [7, 11) is 0. The highest BCUT2D eigenvalue weighted by Gasteiger charge is 2.38. The first-order valence-corrected chi connectivity index (χ1v) is 7.93. The van der Waals surface area contributed by atoms with E-state index in [1.54, 1.807) is 0 Å². The molecule has 1 heteroatoms. The highest BCUT2D eigenvalue weighted by Crippen LogP contribution is 2.48. The topological polar surface area (TPSA) is 26.0 Å². The van der Waals surface area contributed by atoms with Gasteiger partial charge >= 0.3 is 0 Å². The van der Waals surface area contributed by atoms with Gasteiger partial charge in [-0.25, -0.2) is 0 Å². The maximum atomic E-state index is 6.60. The molecule has 0 amide bonds. The average molecular weight is 257 g/mol. The summed E-state index contributed by atoms with van der Waals surface area (Å²) in [5.41, 5.74) is 9.90. The van der Waals surface area contributed by atoms with Gasteiger partial charge in [-0.1, -0.05) is 51.0 Å². The van der Waals surface area contributed by atoms with Crippen molar-refractivity contribution >= 4 is 0 Å². The van der Waals surface area contributed by atoms with Crippen LogP contribution in [-0.2, 0) is 0 Å². The highest BCUT2D eigenvalue weighted by atomic mass is 14.7. The van der Waals surface area contributed by atoms with Crippen molar-refractivity contribution in [2.24, 2.45) is 17.1 Å². The highest BCUT2D eigenvalue weighted by molar-refractivity contribution is 5.30. The standard InChI is InChI=1S/C18H27N/c1-18(2)11-5-10-16(18)17(19)15-9-4-8-14(12-15)13-6-3-7-13/h4,8-9,12-13,16-17H,3,5-7,10-11,19H2,1-2H3. The van der Waals surface area contributed by atoms with Gasteiger partial charge in [-0.3, -0.25) is 0 Å². The summed E-state index contributed by atoms with van der Waals surface area (Å²) in [6.45, 7) is 4.78. The van der Waals surface area contributed by atoms with Gasteiger partial charge in [0.2, 0.25) is 0 Å². The molecule has 2 aliphatic carbocycles. The van der Waals surface area contributed by atoms with Crippen molar-refractivity contribution in [3.8, 4) is 0 Å². The first kappa shape index (κ1) is 13.2. The fourth-order valence-electron chi connectivity index (χ4n) is 4.01. The lowest BCUT2D eigenvalue weighted by Crippen LogP contribution is -2.29. The molecule has 1 aromatic rings. The van der Waals surface area contributed by atoms with E-state index in [4.69, 9.17) is 5.73 Å². The molecule has 2 unspecified atom stereocenters. The Labute approximate surface area is 117 Å². The molecule has 0 saturated heterocycles. The van der Waals surface area contributed by atoms with E-state index in [1.165, 1.54) is 49.7 Å². The minimum absolute atomic E-state index is 0.220. The van der Waals surface area contributed by atoms with E-state index in [0.717, 1.165) is 5.92 Å². The van der Waals surface area contributed by atoms with Gasteiger partial charge < -0.3 is 5.73 Å². The number of benzene rings is 1. The van der Waals surface area contributed by atoms with Gasteiger partial charge in [0, 0.05) is 6.04 Å². The maximum absolute atomic E-state index is 6.60. The number of nitrogens with two attached hydrogens (primary N) is 1. The lowest BCUT2D eigenvalue weighted by atomic mass is 9.74. The van der Waals surface area contributed by atoms with Crippen LogP contribution < -0.4 is 5.73 Å². The van der Waals surface area contributed by atoms with Crippen LogP contribution in [-0.4, -0.2) is 0 Å². The van der Waals surface area contributed by atoms with Crippen LogP contribution in [0, 0.1) is 11.3 Å². The van der Waals surface area contributed by atoms with Crippen LogP contribution in [0.15, 0.2) is 24.3 Å². The van der Waals surface area contributed by atoms with E-state index < -0.39 is 0 Å². The Morgan fingerprint density at radius 2 is 1.95 bits per heavy atom. The molecule has 0 bridgehead atoms. The fourth-order valence-corrected chi connectivity index (χ4v) is 4.01. The molecule has 3 rings (SSSR count). The second-order valence-electron chi connectivity index (χ2n) is 7.31. The normalized spacial score (nSPS) is 28.1. The summed E-state index contributed by atoms with van der Waals surface area (Å²) in [5, 5.41) is 0. The molecule has 19 heavy (non-hydrogen) atoms. The molecule has 0 aromatic heterocycles. The Morgan fingerprint density at radius 1 is 1.16 bits per heavy atom. The number of hydrogen-bond acceptors (Lipinski definition) is 1. The Bertz CT molecular complexity index is 445. The van der Waals surface area contributed by atoms with Crippen molar-refractivity contribution < 1.29 is 0 Å². The predicted octanol–water partition coefficient (Wildman–Crippen LogP) is 4.78. The molecule has 0 radical (unpaired) electrons. The Balaban J connectivity index is 1.81. The van der Waals surface area contributed by atoms with Crippen molar-refractivity contribution in [3.63, 3.8) is 0 Å². The van der Waals surface area contributed by atoms with E-state index in [2.05, 4.69) is 38.1 Å². The molecule has 0 heterocycles. The van der Waals surface area contributed by atoms with Crippen molar-refractivity contribution in [1.82, 2.24) is 0 Å². The number of hydrogen-bond donors (Lipinski definition) is 1. The van der Waals surface area contributed by atoms with E-state index >= 15 is 0 Å². The lowest BCUT2D eigenvalue weighted by molar-refractivity contribution is 0.222. The predicted molar refractivity (Wildman–Crippen MR) is 81.1 cm³/mol. The molecule has 2 saturated carbocycles. The van der Waals surface area contributed by atoms with Crippen LogP contribution in [0.2, 0.25) is 0 Å². The molecule has 2 fully saturated rings. The fraction of sp³-hybridized carbons (Fsp3) is 0.667. The van der Waals surface area contributed by atoms with Crippen molar-refractivity contribution in [1.29, 1.82) is 0 Å². The Hall–Kier alpha value is -0.820. The first-order chi connectivity index (χ1) is 9.08. The van der Waals surface area contributed by atoms with Crippen molar-refractivity contribution in [2.45, 2.75) is 64.3 Å². The SMILES string of the molecule is CC1(C)CCCC1C(N)c1cccc(C2CCC2)c1. The van der Waals surface area contributed by atoms with Crippen molar-refractivity contribution in [3.05, 3.63) is 35.4 Å². The zero-order chi connectivity index (χ0) is 13.5. The third-order valence-corrected chi connectivity index (χ3v) is 5.65. The van der Waals surface area contributed by atoms with E-state index in [1.807, 2.05) is 0 Å². The van der Waals surface area contributed by atoms with Crippen molar-refractivity contribution in [2.75, 3.05) is 0 Å². The first-order valence-electron chi connectivity index (χ1n) is 7.93. The third kappa shape index (κ3) is 2.45. The third-order valence-electron chi connectivity index (χ3n) is 5.65. The second kappa shape index (κ2) is 4.94. The van der Waals surface area contributed by atoms with Crippen LogP contribution in [0.4, 0.5) is 0 Å². The zero-order valence-corrected chi connectivity index (χ0v) is 12.4.